The van der Waals surface area contributed by atoms with Crippen LogP contribution in [0.25, 0.3) is 11.0 Å². The molecule has 8 nitrogen and oxygen atoms in total. The Balaban J connectivity index is 1.86. The number of halogens is 3. The summed E-state index contributed by atoms with van der Waals surface area (Å²) in [6.07, 6.45) is -4.57. The molecule has 0 atom stereocenters. The first kappa shape index (κ1) is 14.9. The number of nitrogens with zero attached hydrogens (tertiary/aromatic N) is 5. The quantitative estimate of drug-likeness (QED) is 0.757. The number of carbonyl (C=O) groups excluding carboxylic acids is 1. The summed E-state index contributed by atoms with van der Waals surface area (Å²) in [5.74, 6) is -1.17. The highest BCUT2D eigenvalue weighted by atomic mass is 19.4. The van der Waals surface area contributed by atoms with Gasteiger partial charge in [0.1, 0.15) is 0 Å². The average molecular weight is 325 g/mol. The van der Waals surface area contributed by atoms with Crippen molar-refractivity contribution in [2.24, 2.45) is 0 Å². The number of H-pyrrole nitrogens is 2. The molecule has 0 bridgehead atoms. The van der Waals surface area contributed by atoms with Gasteiger partial charge in [-0.05, 0) is 18.2 Å². The van der Waals surface area contributed by atoms with Gasteiger partial charge in [0.2, 0.25) is 5.82 Å². The zero-order chi connectivity index (χ0) is 16.6. The molecule has 11 heteroatoms. The molecule has 0 aliphatic carbocycles. The summed E-state index contributed by atoms with van der Waals surface area (Å²) in [6, 6.07) is 4.10. The highest BCUT2D eigenvalue weighted by Crippen LogP contribution is 2.28. The number of carbonyl (C=O) groups is 1. The standard InChI is InChI=1S/C12H10F3N7O/c1-22(5-9-18-20-21-19-9)10(23)6-2-3-7-8(4-6)17-11(16-7)12(13,14)15/h2-4H,5H2,1H3,(H,16,17)(H,18,19,20,21). The molecule has 3 aromatic rings. The molecule has 2 N–H and O–H groups in total. The molecule has 23 heavy (non-hydrogen) atoms. The van der Waals surface area contributed by atoms with Gasteiger partial charge in [-0.2, -0.15) is 18.4 Å². The van der Waals surface area contributed by atoms with Crippen molar-refractivity contribution in [1.82, 2.24) is 35.5 Å². The molecule has 120 valence electrons. The summed E-state index contributed by atoms with van der Waals surface area (Å²) in [5, 5.41) is 13.1. The number of nitrogens with one attached hydrogen (secondary N) is 2. The molecule has 0 spiro atoms. The maximum Gasteiger partial charge on any atom is 0.449 e. The lowest BCUT2D eigenvalue weighted by Crippen LogP contribution is -2.26. The Morgan fingerprint density at radius 3 is 2.78 bits per heavy atom. The molecule has 0 aliphatic heterocycles. The fraction of sp³-hybridized carbons (Fsp3) is 0.250. The van der Waals surface area contributed by atoms with Crippen LogP contribution < -0.4 is 0 Å². The summed E-state index contributed by atoms with van der Waals surface area (Å²) < 4.78 is 37.9. The van der Waals surface area contributed by atoms with Crippen molar-refractivity contribution >= 4 is 16.9 Å². The van der Waals surface area contributed by atoms with Gasteiger partial charge in [0, 0.05) is 12.6 Å². The second-order valence-electron chi connectivity index (χ2n) is 4.80. The van der Waals surface area contributed by atoms with Gasteiger partial charge in [0.05, 0.1) is 17.6 Å². The van der Waals surface area contributed by atoms with Crippen LogP contribution in [-0.2, 0) is 12.7 Å². The molecule has 0 saturated heterocycles. The largest absolute Gasteiger partial charge is 0.449 e. The number of rotatable bonds is 3. The van der Waals surface area contributed by atoms with Crippen molar-refractivity contribution < 1.29 is 18.0 Å². The van der Waals surface area contributed by atoms with Crippen LogP contribution in [0.1, 0.15) is 22.0 Å². The first-order chi connectivity index (χ1) is 10.8. The van der Waals surface area contributed by atoms with E-state index in [1.807, 2.05) is 0 Å². The molecule has 3 rings (SSSR count). The summed E-state index contributed by atoms with van der Waals surface area (Å²) in [5.41, 5.74) is 0.492. The number of imidazole rings is 1. The Morgan fingerprint density at radius 2 is 2.13 bits per heavy atom. The van der Waals surface area contributed by atoms with Crippen LogP contribution >= 0.6 is 0 Å². The molecule has 1 amide bonds. The third-order valence-electron chi connectivity index (χ3n) is 3.11. The normalized spacial score (nSPS) is 11.8. The summed E-state index contributed by atoms with van der Waals surface area (Å²) in [6.45, 7) is 0.115. The lowest BCUT2D eigenvalue weighted by Gasteiger charge is -2.14. The number of aromatic amines is 2. The van der Waals surface area contributed by atoms with Crippen LogP contribution in [0.2, 0.25) is 0 Å². The van der Waals surface area contributed by atoms with Gasteiger partial charge in [-0.15, -0.1) is 10.2 Å². The smallest absolute Gasteiger partial charge is 0.334 e. The van der Waals surface area contributed by atoms with Crippen LogP contribution in [0.5, 0.6) is 0 Å². The molecule has 0 saturated carbocycles. The van der Waals surface area contributed by atoms with Crippen LogP contribution in [-0.4, -0.2) is 48.4 Å². The molecule has 0 unspecified atom stereocenters. The van der Waals surface area contributed by atoms with Crippen molar-refractivity contribution in [3.63, 3.8) is 0 Å². The predicted molar refractivity (Wildman–Crippen MR) is 71.1 cm³/mol. The predicted octanol–water partition coefficient (Wildman–Crippen LogP) is 1.37. The van der Waals surface area contributed by atoms with Gasteiger partial charge in [0.25, 0.3) is 5.91 Å². The van der Waals surface area contributed by atoms with Crippen LogP contribution in [0.4, 0.5) is 13.2 Å². The number of alkyl halides is 3. The summed E-state index contributed by atoms with van der Waals surface area (Å²) >= 11 is 0. The van der Waals surface area contributed by atoms with E-state index < -0.39 is 12.0 Å². The summed E-state index contributed by atoms with van der Waals surface area (Å²) in [4.78, 5) is 19.2. The second kappa shape index (κ2) is 5.34. The van der Waals surface area contributed by atoms with E-state index in [1.165, 1.54) is 30.1 Å². The van der Waals surface area contributed by atoms with Crippen molar-refractivity contribution in [2.75, 3.05) is 7.05 Å². The Kier molecular flexibility index (Phi) is 3.47. The third kappa shape index (κ3) is 2.98. The van der Waals surface area contributed by atoms with Gasteiger partial charge in [-0.1, -0.05) is 5.21 Å². The molecule has 0 aliphatic rings. The van der Waals surface area contributed by atoms with Crippen molar-refractivity contribution in [2.45, 2.75) is 12.7 Å². The van der Waals surface area contributed by atoms with Crippen LogP contribution in [0.15, 0.2) is 18.2 Å². The number of tetrazole rings is 1. The maximum atomic E-state index is 12.6. The van der Waals surface area contributed by atoms with Gasteiger partial charge < -0.3 is 9.88 Å². The number of fused-ring (bicyclic) bond motifs is 1. The first-order valence-corrected chi connectivity index (χ1v) is 6.39. The van der Waals surface area contributed by atoms with Gasteiger partial charge >= 0.3 is 6.18 Å². The zero-order valence-corrected chi connectivity index (χ0v) is 11.7. The molecule has 2 heterocycles. The van der Waals surface area contributed by atoms with Crippen molar-refractivity contribution in [3.8, 4) is 0 Å². The number of benzene rings is 1. The minimum atomic E-state index is -4.57. The highest BCUT2D eigenvalue weighted by molar-refractivity contribution is 5.97. The first-order valence-electron chi connectivity index (χ1n) is 6.39. The lowest BCUT2D eigenvalue weighted by atomic mass is 10.2. The van der Waals surface area contributed by atoms with E-state index in [2.05, 4.69) is 30.6 Å². The molecule has 0 radical (unpaired) electrons. The SMILES string of the molecule is CN(Cc1nn[nH]n1)C(=O)c1ccc2nc(C(F)(F)F)[nH]c2c1. The van der Waals surface area contributed by atoms with E-state index in [4.69, 9.17) is 0 Å². The monoisotopic (exact) mass is 325 g/mol. The van der Waals surface area contributed by atoms with Gasteiger partial charge in [-0.25, -0.2) is 4.98 Å². The highest BCUT2D eigenvalue weighted by Gasteiger charge is 2.34. The van der Waals surface area contributed by atoms with E-state index in [0.717, 1.165) is 0 Å². The molecule has 0 fully saturated rings. The van der Waals surface area contributed by atoms with E-state index in [1.54, 1.807) is 0 Å². The Morgan fingerprint density at radius 1 is 1.35 bits per heavy atom. The molecule has 2 aromatic heterocycles. The minimum absolute atomic E-state index is 0.115. The zero-order valence-electron chi connectivity index (χ0n) is 11.7. The van der Waals surface area contributed by atoms with E-state index in [-0.39, 0.29) is 29.0 Å². The van der Waals surface area contributed by atoms with Crippen LogP contribution in [0, 0.1) is 0 Å². The van der Waals surface area contributed by atoms with Crippen molar-refractivity contribution in [3.05, 3.63) is 35.4 Å². The Hall–Kier alpha value is -2.98. The minimum Gasteiger partial charge on any atom is -0.334 e. The fourth-order valence-electron chi connectivity index (χ4n) is 2.03. The second-order valence-corrected chi connectivity index (χ2v) is 4.80. The summed E-state index contributed by atoms with van der Waals surface area (Å²) in [7, 11) is 1.52. The van der Waals surface area contributed by atoms with Crippen LogP contribution in [0.3, 0.4) is 0 Å². The third-order valence-corrected chi connectivity index (χ3v) is 3.11. The van der Waals surface area contributed by atoms with Gasteiger partial charge in [0.15, 0.2) is 5.82 Å². The number of hydrogen-bond donors (Lipinski definition) is 2. The van der Waals surface area contributed by atoms with Crippen molar-refractivity contribution in [1.29, 1.82) is 0 Å². The Bertz CT molecular complexity index is 840. The Labute approximate surface area is 126 Å². The van der Waals surface area contributed by atoms with E-state index in [0.29, 0.717) is 5.82 Å². The molecular formula is C12H10F3N7O. The average Bonchev–Trinajstić information content (AvgIpc) is 3.13. The number of amides is 1. The lowest BCUT2D eigenvalue weighted by molar-refractivity contribution is -0.144. The molecular weight excluding hydrogens is 315 g/mol. The fourth-order valence-corrected chi connectivity index (χ4v) is 2.03. The number of hydrogen-bond acceptors (Lipinski definition) is 5. The maximum absolute atomic E-state index is 12.6. The topological polar surface area (TPSA) is 103 Å². The molecule has 1 aromatic carbocycles. The van der Waals surface area contributed by atoms with E-state index >= 15 is 0 Å². The van der Waals surface area contributed by atoms with E-state index in [9.17, 15) is 18.0 Å². The number of aromatic nitrogens is 6. The van der Waals surface area contributed by atoms with Gasteiger partial charge in [-0.3, -0.25) is 4.79 Å².